The fraction of sp³-hybridized carbons (Fsp3) is 0.353. The Kier molecular flexibility index (Phi) is 2.90. The molecule has 2 aliphatic carbocycles. The minimum Gasteiger partial charge on any atom is -0.370 e. The highest BCUT2D eigenvalue weighted by Gasteiger charge is 2.54. The Balaban J connectivity index is 1.38. The molecule has 0 aliphatic heterocycles. The topological polar surface area (TPSA) is 55.1 Å². The van der Waals surface area contributed by atoms with Crippen molar-refractivity contribution in [1.29, 1.82) is 0 Å². The maximum atomic E-state index is 13.0. The molecule has 8 heteroatoms. The third kappa shape index (κ3) is 2.27. The van der Waals surface area contributed by atoms with Crippen LogP contribution in [0.3, 0.4) is 0 Å². The number of alkyl halides is 3. The van der Waals surface area contributed by atoms with Crippen LogP contribution in [0.1, 0.15) is 22.7 Å². The van der Waals surface area contributed by atoms with Crippen molar-refractivity contribution in [2.24, 2.45) is 11.8 Å². The lowest BCUT2D eigenvalue weighted by Gasteiger charge is -2.12. The molecule has 1 saturated carbocycles. The molecule has 1 N–H and O–H groups in total. The van der Waals surface area contributed by atoms with Crippen LogP contribution in [0.15, 0.2) is 36.7 Å². The van der Waals surface area contributed by atoms with E-state index < -0.39 is 11.9 Å². The fourth-order valence-electron chi connectivity index (χ4n) is 4.07. The van der Waals surface area contributed by atoms with Gasteiger partial charge in [-0.25, -0.2) is 4.98 Å². The molecule has 0 saturated heterocycles. The number of halogens is 3. The van der Waals surface area contributed by atoms with E-state index in [-0.39, 0.29) is 11.6 Å². The average Bonchev–Trinajstić information content (AvgIpc) is 2.95. The molecule has 0 spiro atoms. The van der Waals surface area contributed by atoms with Gasteiger partial charge in [-0.05, 0) is 35.3 Å². The van der Waals surface area contributed by atoms with Crippen LogP contribution in [-0.2, 0) is 12.6 Å². The summed E-state index contributed by atoms with van der Waals surface area (Å²) in [4.78, 5) is 7.31. The van der Waals surface area contributed by atoms with Crippen molar-refractivity contribution in [2.45, 2.75) is 18.5 Å². The van der Waals surface area contributed by atoms with Crippen LogP contribution in [-0.4, -0.2) is 26.1 Å². The summed E-state index contributed by atoms with van der Waals surface area (Å²) in [6, 6.07) is 9.40. The molecule has 2 aliphatic rings. The van der Waals surface area contributed by atoms with Gasteiger partial charge in [-0.3, -0.25) is 0 Å². The maximum Gasteiger partial charge on any atom is 0.433 e. The monoisotopic (exact) mass is 345 g/mol. The van der Waals surface area contributed by atoms with E-state index in [9.17, 15) is 13.2 Å². The Morgan fingerprint density at radius 1 is 1.24 bits per heavy atom. The molecule has 2 heterocycles. The van der Waals surface area contributed by atoms with Crippen LogP contribution in [0.5, 0.6) is 0 Å². The molecule has 5 nitrogen and oxygen atoms in total. The molecular formula is C17H14F3N5. The van der Waals surface area contributed by atoms with Crippen LogP contribution in [0.25, 0.3) is 5.78 Å². The van der Waals surface area contributed by atoms with Gasteiger partial charge in [-0.1, -0.05) is 24.3 Å². The molecule has 25 heavy (non-hydrogen) atoms. The van der Waals surface area contributed by atoms with Gasteiger partial charge < -0.3 is 5.32 Å². The summed E-state index contributed by atoms with van der Waals surface area (Å²) in [5.74, 6) is 1.75. The summed E-state index contributed by atoms with van der Waals surface area (Å²) in [5, 5.41) is 7.09. The number of nitrogens with zero attached hydrogens (tertiary/aromatic N) is 4. The van der Waals surface area contributed by atoms with Gasteiger partial charge in [-0.2, -0.15) is 27.8 Å². The Labute approximate surface area is 140 Å². The quantitative estimate of drug-likeness (QED) is 0.792. The van der Waals surface area contributed by atoms with E-state index in [2.05, 4.69) is 32.5 Å². The molecule has 5 rings (SSSR count). The number of rotatable bonds is 3. The summed E-state index contributed by atoms with van der Waals surface area (Å²) in [6.45, 7) is 0.611. The Hall–Kier alpha value is -2.64. The van der Waals surface area contributed by atoms with Gasteiger partial charge in [0.2, 0.25) is 0 Å². The van der Waals surface area contributed by atoms with Crippen LogP contribution in [0.4, 0.5) is 19.0 Å². The van der Waals surface area contributed by atoms with E-state index in [1.54, 1.807) is 0 Å². The highest BCUT2D eigenvalue weighted by atomic mass is 19.4. The second-order valence-electron chi connectivity index (χ2n) is 6.63. The largest absolute Gasteiger partial charge is 0.433 e. The highest BCUT2D eigenvalue weighted by Crippen LogP contribution is 2.61. The zero-order chi connectivity index (χ0) is 17.2. The SMILES string of the molecule is FC(F)(F)c1cc(NCC2C3Cc4ccccc4C23)n2ncnc2n1. The number of nitrogens with one attached hydrogen (secondary N) is 1. The first kappa shape index (κ1) is 14.7. The lowest BCUT2D eigenvalue weighted by atomic mass is 10.0. The summed E-state index contributed by atoms with van der Waals surface area (Å²) < 4.78 is 40.4. The van der Waals surface area contributed by atoms with Crippen LogP contribution >= 0.6 is 0 Å². The van der Waals surface area contributed by atoms with Gasteiger partial charge in [0, 0.05) is 12.6 Å². The predicted octanol–water partition coefficient (Wildman–Crippen LogP) is 3.14. The first-order valence-corrected chi connectivity index (χ1v) is 8.12. The van der Waals surface area contributed by atoms with Crippen molar-refractivity contribution in [3.63, 3.8) is 0 Å². The molecule has 3 unspecified atom stereocenters. The smallest absolute Gasteiger partial charge is 0.370 e. The number of fused-ring (bicyclic) bond motifs is 4. The van der Waals surface area contributed by atoms with Crippen molar-refractivity contribution in [3.8, 4) is 0 Å². The zero-order valence-corrected chi connectivity index (χ0v) is 13.0. The van der Waals surface area contributed by atoms with Crippen LogP contribution in [0, 0.1) is 11.8 Å². The molecule has 1 fully saturated rings. The van der Waals surface area contributed by atoms with E-state index in [0.29, 0.717) is 24.3 Å². The third-order valence-electron chi connectivity index (χ3n) is 5.26. The van der Waals surface area contributed by atoms with Gasteiger partial charge in [0.1, 0.15) is 12.1 Å². The Morgan fingerprint density at radius 3 is 2.92 bits per heavy atom. The lowest BCUT2D eigenvalue weighted by molar-refractivity contribution is -0.141. The van der Waals surface area contributed by atoms with Crippen molar-refractivity contribution >= 4 is 11.6 Å². The van der Waals surface area contributed by atoms with Crippen molar-refractivity contribution in [3.05, 3.63) is 53.5 Å². The van der Waals surface area contributed by atoms with E-state index in [1.807, 2.05) is 12.1 Å². The highest BCUT2D eigenvalue weighted by molar-refractivity contribution is 5.48. The normalized spacial score (nSPS) is 24.2. The molecule has 0 amide bonds. The van der Waals surface area contributed by atoms with Crippen molar-refractivity contribution in [2.75, 3.05) is 11.9 Å². The van der Waals surface area contributed by atoms with E-state index in [4.69, 9.17) is 0 Å². The minimum atomic E-state index is -4.51. The molecule has 128 valence electrons. The molecule has 0 radical (unpaired) electrons. The second-order valence-corrected chi connectivity index (χ2v) is 6.63. The molecule has 1 aromatic carbocycles. The van der Waals surface area contributed by atoms with Gasteiger partial charge in [0.05, 0.1) is 0 Å². The minimum absolute atomic E-state index is 0.0568. The molecule has 3 atom stereocenters. The van der Waals surface area contributed by atoms with Gasteiger partial charge >= 0.3 is 6.18 Å². The summed E-state index contributed by atoms with van der Waals surface area (Å²) in [6.07, 6.45) is -2.26. The first-order chi connectivity index (χ1) is 12.0. The summed E-state index contributed by atoms with van der Waals surface area (Å²) in [5.41, 5.74) is 1.82. The van der Waals surface area contributed by atoms with Gasteiger partial charge in [0.25, 0.3) is 5.78 Å². The average molecular weight is 345 g/mol. The summed E-state index contributed by atoms with van der Waals surface area (Å²) >= 11 is 0. The summed E-state index contributed by atoms with van der Waals surface area (Å²) in [7, 11) is 0. The Morgan fingerprint density at radius 2 is 2.08 bits per heavy atom. The van der Waals surface area contributed by atoms with Gasteiger partial charge in [-0.15, -0.1) is 0 Å². The van der Waals surface area contributed by atoms with E-state index >= 15 is 0 Å². The zero-order valence-electron chi connectivity index (χ0n) is 13.0. The number of anilines is 1. The number of aromatic nitrogens is 4. The lowest BCUT2D eigenvalue weighted by Crippen LogP contribution is -2.15. The molecule has 0 bridgehead atoms. The molecular weight excluding hydrogens is 331 g/mol. The maximum absolute atomic E-state index is 13.0. The van der Waals surface area contributed by atoms with Gasteiger partial charge in [0.15, 0.2) is 5.69 Å². The standard InChI is InChI=1S/C17H14F3N5/c18-17(19,20)13-6-14(25-16(24-13)22-8-23-25)21-7-12-11-5-9-3-1-2-4-10(9)15(11)12/h1-4,6,8,11-12,15,21H,5,7H2. The predicted molar refractivity (Wildman–Crippen MR) is 84.1 cm³/mol. The van der Waals surface area contributed by atoms with Crippen molar-refractivity contribution in [1.82, 2.24) is 19.6 Å². The Bertz CT molecular complexity index is 964. The van der Waals surface area contributed by atoms with Crippen LogP contribution in [0.2, 0.25) is 0 Å². The number of hydrogen-bond acceptors (Lipinski definition) is 4. The fourth-order valence-corrected chi connectivity index (χ4v) is 4.07. The number of benzene rings is 1. The first-order valence-electron chi connectivity index (χ1n) is 8.12. The van der Waals surface area contributed by atoms with E-state index in [0.717, 1.165) is 12.5 Å². The third-order valence-corrected chi connectivity index (χ3v) is 5.26. The second kappa shape index (κ2) is 4.93. The number of hydrogen-bond donors (Lipinski definition) is 1. The van der Waals surface area contributed by atoms with Crippen molar-refractivity contribution < 1.29 is 13.2 Å². The van der Waals surface area contributed by atoms with Crippen LogP contribution < -0.4 is 5.32 Å². The molecule has 2 aromatic heterocycles. The van der Waals surface area contributed by atoms with E-state index in [1.165, 1.54) is 22.0 Å². The molecule has 3 aromatic rings.